The van der Waals surface area contributed by atoms with Crippen molar-refractivity contribution >= 4 is 21.9 Å². The highest BCUT2D eigenvalue weighted by Crippen LogP contribution is 2.31. The van der Waals surface area contributed by atoms with Crippen LogP contribution < -0.4 is 5.73 Å². The summed E-state index contributed by atoms with van der Waals surface area (Å²) < 4.78 is 2.65. The van der Waals surface area contributed by atoms with Crippen molar-refractivity contribution in [2.75, 3.05) is 5.73 Å². The zero-order valence-corrected chi connectivity index (χ0v) is 12.6. The van der Waals surface area contributed by atoms with Gasteiger partial charge in [0, 0.05) is 12.6 Å². The number of rotatable bonds is 2. The molecule has 2 aromatic carbocycles. The lowest BCUT2D eigenvalue weighted by molar-refractivity contribution is 0.938. The molecule has 0 bridgehead atoms. The minimum Gasteiger partial charge on any atom is -0.369 e. The van der Waals surface area contributed by atoms with Crippen molar-refractivity contribution in [2.24, 2.45) is 7.05 Å². The molecule has 1 aromatic heterocycles. The molecule has 0 aliphatic rings. The fourth-order valence-electron chi connectivity index (χ4n) is 2.25. The first-order chi connectivity index (χ1) is 9.66. The molecule has 0 unspecified atom stereocenters. The summed E-state index contributed by atoms with van der Waals surface area (Å²) in [6.45, 7) is 0. The Kier molecular flexibility index (Phi) is 3.32. The Balaban J connectivity index is 2.02. The fourth-order valence-corrected chi connectivity index (χ4v) is 2.92. The predicted molar refractivity (Wildman–Crippen MR) is 86.2 cm³/mol. The van der Waals surface area contributed by atoms with Gasteiger partial charge in [0.05, 0.1) is 5.69 Å². The molecular formula is C16H14BrN3. The van der Waals surface area contributed by atoms with Gasteiger partial charge in [-0.15, -0.1) is 0 Å². The van der Waals surface area contributed by atoms with Crippen LogP contribution in [-0.4, -0.2) is 9.55 Å². The molecule has 0 aliphatic carbocycles. The lowest BCUT2D eigenvalue weighted by Gasteiger charge is -2.06. The van der Waals surface area contributed by atoms with E-state index < -0.39 is 0 Å². The maximum absolute atomic E-state index is 5.82. The van der Waals surface area contributed by atoms with Crippen molar-refractivity contribution in [1.82, 2.24) is 9.55 Å². The average molecular weight is 328 g/mol. The molecule has 3 nitrogen and oxygen atoms in total. The number of nitrogens with zero attached hydrogens (tertiary/aromatic N) is 2. The molecule has 0 radical (unpaired) electrons. The Bertz CT molecular complexity index is 730. The second kappa shape index (κ2) is 5.13. The smallest absolute Gasteiger partial charge is 0.201 e. The molecule has 0 saturated carbocycles. The van der Waals surface area contributed by atoms with Gasteiger partial charge in [0.1, 0.15) is 4.60 Å². The van der Waals surface area contributed by atoms with Crippen LogP contribution in [0.2, 0.25) is 0 Å². The lowest BCUT2D eigenvalue weighted by atomic mass is 10.0. The number of anilines is 1. The summed E-state index contributed by atoms with van der Waals surface area (Å²) in [6, 6.07) is 18.7. The Morgan fingerprint density at radius 2 is 1.45 bits per heavy atom. The summed E-state index contributed by atoms with van der Waals surface area (Å²) in [5.74, 6) is 0.499. The van der Waals surface area contributed by atoms with Crippen LogP contribution in [-0.2, 0) is 7.05 Å². The molecule has 20 heavy (non-hydrogen) atoms. The molecule has 0 aliphatic heterocycles. The van der Waals surface area contributed by atoms with Gasteiger partial charge in [0.25, 0.3) is 0 Å². The third-order valence-electron chi connectivity index (χ3n) is 3.35. The van der Waals surface area contributed by atoms with E-state index in [1.54, 1.807) is 0 Å². The summed E-state index contributed by atoms with van der Waals surface area (Å²) in [5.41, 5.74) is 10.3. The van der Waals surface area contributed by atoms with E-state index in [0.717, 1.165) is 15.9 Å². The maximum Gasteiger partial charge on any atom is 0.201 e. The van der Waals surface area contributed by atoms with Crippen LogP contribution in [0.3, 0.4) is 0 Å². The molecule has 3 rings (SSSR count). The van der Waals surface area contributed by atoms with Crippen molar-refractivity contribution < 1.29 is 0 Å². The van der Waals surface area contributed by atoms with Crippen LogP contribution in [0.5, 0.6) is 0 Å². The Morgan fingerprint density at radius 1 is 0.900 bits per heavy atom. The van der Waals surface area contributed by atoms with Gasteiger partial charge in [-0.2, -0.15) is 0 Å². The molecule has 1 heterocycles. The monoisotopic (exact) mass is 327 g/mol. The minimum atomic E-state index is 0.499. The number of hydrogen-bond donors (Lipinski definition) is 1. The standard InChI is InChI=1S/C16H14BrN3/c1-20-14(15(17)19-16(20)18)13-9-7-12(8-10-13)11-5-3-2-4-6-11/h2-10H,1H3,(H2,18,19). The number of nitrogens with two attached hydrogens (primary N) is 1. The molecule has 0 amide bonds. The fraction of sp³-hybridized carbons (Fsp3) is 0.0625. The van der Waals surface area contributed by atoms with E-state index in [0.29, 0.717) is 5.95 Å². The molecule has 0 fully saturated rings. The van der Waals surface area contributed by atoms with Gasteiger partial charge in [0.15, 0.2) is 0 Å². The Hall–Kier alpha value is -2.07. The first-order valence-corrected chi connectivity index (χ1v) is 7.09. The van der Waals surface area contributed by atoms with Crippen LogP contribution in [0.1, 0.15) is 0 Å². The zero-order chi connectivity index (χ0) is 14.1. The Labute approximate surface area is 126 Å². The topological polar surface area (TPSA) is 43.8 Å². The molecule has 0 atom stereocenters. The first-order valence-electron chi connectivity index (χ1n) is 6.30. The normalized spacial score (nSPS) is 10.7. The quantitative estimate of drug-likeness (QED) is 0.770. The van der Waals surface area contributed by atoms with Crippen molar-refractivity contribution in [1.29, 1.82) is 0 Å². The Morgan fingerprint density at radius 3 is 2.00 bits per heavy atom. The van der Waals surface area contributed by atoms with Gasteiger partial charge in [-0.1, -0.05) is 54.6 Å². The van der Waals surface area contributed by atoms with Crippen molar-refractivity contribution in [3.8, 4) is 22.4 Å². The third kappa shape index (κ3) is 2.23. The van der Waals surface area contributed by atoms with Crippen molar-refractivity contribution in [2.45, 2.75) is 0 Å². The highest BCUT2D eigenvalue weighted by Gasteiger charge is 2.12. The van der Waals surface area contributed by atoms with Crippen LogP contribution >= 0.6 is 15.9 Å². The van der Waals surface area contributed by atoms with Crippen LogP contribution in [0.4, 0.5) is 5.95 Å². The zero-order valence-electron chi connectivity index (χ0n) is 11.0. The first kappa shape index (κ1) is 12.9. The van der Waals surface area contributed by atoms with E-state index in [4.69, 9.17) is 5.73 Å². The highest BCUT2D eigenvalue weighted by molar-refractivity contribution is 9.10. The van der Waals surface area contributed by atoms with E-state index >= 15 is 0 Å². The lowest BCUT2D eigenvalue weighted by Crippen LogP contribution is -1.98. The largest absolute Gasteiger partial charge is 0.369 e. The number of aromatic nitrogens is 2. The molecule has 4 heteroatoms. The van der Waals surface area contributed by atoms with Crippen LogP contribution in [0.25, 0.3) is 22.4 Å². The molecule has 2 N–H and O–H groups in total. The van der Waals surface area contributed by atoms with Crippen LogP contribution in [0, 0.1) is 0 Å². The van der Waals surface area contributed by atoms with Crippen molar-refractivity contribution in [3.63, 3.8) is 0 Å². The molecule has 0 spiro atoms. The molecule has 3 aromatic rings. The van der Waals surface area contributed by atoms with Gasteiger partial charge in [0.2, 0.25) is 5.95 Å². The number of benzene rings is 2. The summed E-state index contributed by atoms with van der Waals surface area (Å²) in [4.78, 5) is 4.22. The molecule has 100 valence electrons. The summed E-state index contributed by atoms with van der Waals surface area (Å²) in [6.07, 6.45) is 0. The molecular weight excluding hydrogens is 314 g/mol. The van der Waals surface area contributed by atoms with Gasteiger partial charge in [-0.05, 0) is 27.1 Å². The van der Waals surface area contributed by atoms with Gasteiger partial charge >= 0.3 is 0 Å². The summed E-state index contributed by atoms with van der Waals surface area (Å²) in [5, 5.41) is 0. The summed E-state index contributed by atoms with van der Waals surface area (Å²) in [7, 11) is 1.91. The predicted octanol–water partition coefficient (Wildman–Crippen LogP) is 4.10. The van der Waals surface area contributed by atoms with E-state index in [-0.39, 0.29) is 0 Å². The van der Waals surface area contributed by atoms with E-state index in [2.05, 4.69) is 57.3 Å². The highest BCUT2D eigenvalue weighted by atomic mass is 79.9. The maximum atomic E-state index is 5.82. The number of hydrogen-bond acceptors (Lipinski definition) is 2. The van der Waals surface area contributed by atoms with Gasteiger partial charge < -0.3 is 10.3 Å². The second-order valence-corrected chi connectivity index (χ2v) is 5.36. The SMILES string of the molecule is Cn1c(N)nc(Br)c1-c1ccc(-c2ccccc2)cc1. The number of imidazole rings is 1. The summed E-state index contributed by atoms with van der Waals surface area (Å²) >= 11 is 3.46. The third-order valence-corrected chi connectivity index (χ3v) is 3.91. The van der Waals surface area contributed by atoms with Crippen LogP contribution in [0.15, 0.2) is 59.2 Å². The van der Waals surface area contributed by atoms with Gasteiger partial charge in [-0.25, -0.2) is 4.98 Å². The molecule has 0 saturated heterocycles. The van der Waals surface area contributed by atoms with Gasteiger partial charge in [-0.3, -0.25) is 0 Å². The second-order valence-electron chi connectivity index (χ2n) is 4.61. The van der Waals surface area contributed by atoms with E-state index in [1.165, 1.54) is 11.1 Å². The average Bonchev–Trinajstić information content (AvgIpc) is 2.73. The number of nitrogen functional groups attached to an aromatic ring is 1. The van der Waals surface area contributed by atoms with E-state index in [1.807, 2.05) is 29.8 Å². The van der Waals surface area contributed by atoms with Crippen molar-refractivity contribution in [3.05, 3.63) is 59.2 Å². The number of halogens is 1. The minimum absolute atomic E-state index is 0.499. The van der Waals surface area contributed by atoms with E-state index in [9.17, 15) is 0 Å².